The van der Waals surface area contributed by atoms with Gasteiger partial charge in [0.15, 0.2) is 0 Å². The summed E-state index contributed by atoms with van der Waals surface area (Å²) in [6.07, 6.45) is 4.98. The SMILES string of the molecule is CN(C1CCN(S(=O)(=O)c2cccnc2)CC1)S(C)(=O)=O. The highest BCUT2D eigenvalue weighted by Gasteiger charge is 2.32. The van der Waals surface area contributed by atoms with Gasteiger partial charge in [-0.3, -0.25) is 4.98 Å². The number of rotatable bonds is 4. The maximum absolute atomic E-state index is 12.4. The summed E-state index contributed by atoms with van der Waals surface area (Å²) in [6, 6.07) is 2.94. The van der Waals surface area contributed by atoms with E-state index in [2.05, 4.69) is 4.98 Å². The van der Waals surface area contributed by atoms with Gasteiger partial charge in [0.05, 0.1) is 6.26 Å². The molecule has 1 fully saturated rings. The lowest BCUT2D eigenvalue weighted by molar-refractivity contribution is 0.239. The van der Waals surface area contributed by atoms with Crippen molar-refractivity contribution >= 4 is 20.0 Å². The molecule has 9 heteroatoms. The largest absolute Gasteiger partial charge is 0.263 e. The van der Waals surface area contributed by atoms with E-state index in [-0.39, 0.29) is 10.9 Å². The smallest absolute Gasteiger partial charge is 0.244 e. The number of hydrogen-bond acceptors (Lipinski definition) is 5. The quantitative estimate of drug-likeness (QED) is 0.781. The molecule has 0 amide bonds. The lowest BCUT2D eigenvalue weighted by Gasteiger charge is -2.34. The van der Waals surface area contributed by atoms with Gasteiger partial charge in [-0.05, 0) is 25.0 Å². The van der Waals surface area contributed by atoms with Crippen molar-refractivity contribution in [2.45, 2.75) is 23.8 Å². The Kier molecular flexibility index (Phi) is 4.66. The van der Waals surface area contributed by atoms with Crippen LogP contribution in [0.3, 0.4) is 0 Å². The predicted octanol–water partition coefficient (Wildman–Crippen LogP) is 0.126. The summed E-state index contributed by atoms with van der Waals surface area (Å²) in [5, 5.41) is 0. The van der Waals surface area contributed by atoms with Crippen LogP contribution in [-0.2, 0) is 20.0 Å². The molecule has 21 heavy (non-hydrogen) atoms. The topological polar surface area (TPSA) is 87.7 Å². The fourth-order valence-corrected chi connectivity index (χ4v) is 4.55. The molecule has 0 unspecified atom stereocenters. The van der Waals surface area contributed by atoms with Crippen LogP contribution in [0.2, 0.25) is 0 Å². The first-order chi connectivity index (χ1) is 9.73. The Balaban J connectivity index is 2.08. The number of pyridine rings is 1. The number of aromatic nitrogens is 1. The van der Waals surface area contributed by atoms with Crippen LogP contribution in [0.4, 0.5) is 0 Å². The first-order valence-corrected chi connectivity index (χ1v) is 9.85. The third-order valence-electron chi connectivity index (χ3n) is 3.73. The molecule has 0 aliphatic carbocycles. The minimum absolute atomic E-state index is 0.152. The Labute approximate surface area is 125 Å². The highest BCUT2D eigenvalue weighted by Crippen LogP contribution is 2.23. The molecule has 0 spiro atoms. The van der Waals surface area contributed by atoms with Gasteiger partial charge in [0.2, 0.25) is 20.0 Å². The van der Waals surface area contributed by atoms with Crippen LogP contribution in [0.25, 0.3) is 0 Å². The van der Waals surface area contributed by atoms with Crippen molar-refractivity contribution in [3.63, 3.8) is 0 Å². The molecule has 0 aromatic carbocycles. The third kappa shape index (κ3) is 3.60. The summed E-state index contributed by atoms with van der Waals surface area (Å²) in [5.41, 5.74) is 0. The van der Waals surface area contributed by atoms with E-state index in [9.17, 15) is 16.8 Å². The summed E-state index contributed by atoms with van der Waals surface area (Å²) in [7, 11) is -5.26. The zero-order valence-corrected chi connectivity index (χ0v) is 13.6. The van der Waals surface area contributed by atoms with Crippen molar-refractivity contribution in [3.05, 3.63) is 24.5 Å². The van der Waals surface area contributed by atoms with Crippen molar-refractivity contribution in [1.29, 1.82) is 0 Å². The molecule has 1 aromatic heterocycles. The van der Waals surface area contributed by atoms with Gasteiger partial charge in [0.25, 0.3) is 0 Å². The summed E-state index contributed by atoms with van der Waals surface area (Å²) in [6.45, 7) is 0.615. The second-order valence-electron chi connectivity index (χ2n) is 5.10. The Morgan fingerprint density at radius 2 is 1.86 bits per heavy atom. The molecule has 0 atom stereocenters. The molecule has 0 radical (unpaired) electrons. The van der Waals surface area contributed by atoms with E-state index < -0.39 is 20.0 Å². The van der Waals surface area contributed by atoms with E-state index in [1.807, 2.05) is 0 Å². The number of piperidine rings is 1. The average Bonchev–Trinajstić information content (AvgIpc) is 2.46. The zero-order valence-electron chi connectivity index (χ0n) is 12.0. The second-order valence-corrected chi connectivity index (χ2v) is 9.08. The van der Waals surface area contributed by atoms with Crippen LogP contribution < -0.4 is 0 Å². The molecule has 0 bridgehead atoms. The first-order valence-electron chi connectivity index (χ1n) is 6.56. The molecule has 2 heterocycles. The maximum Gasteiger partial charge on any atom is 0.244 e. The van der Waals surface area contributed by atoms with Gasteiger partial charge in [-0.25, -0.2) is 21.1 Å². The molecule has 1 saturated heterocycles. The van der Waals surface area contributed by atoms with Gasteiger partial charge in [-0.2, -0.15) is 4.31 Å². The Bertz CT molecular complexity index is 680. The number of hydrogen-bond donors (Lipinski definition) is 0. The van der Waals surface area contributed by atoms with Crippen molar-refractivity contribution in [2.24, 2.45) is 0 Å². The summed E-state index contributed by atoms with van der Waals surface area (Å²) < 4.78 is 50.6. The van der Waals surface area contributed by atoms with E-state index in [1.54, 1.807) is 6.07 Å². The van der Waals surface area contributed by atoms with Gasteiger partial charge >= 0.3 is 0 Å². The summed E-state index contributed by atoms with van der Waals surface area (Å²) in [4.78, 5) is 3.99. The van der Waals surface area contributed by atoms with E-state index in [4.69, 9.17) is 0 Å². The van der Waals surface area contributed by atoms with Crippen molar-refractivity contribution < 1.29 is 16.8 Å². The third-order valence-corrected chi connectivity index (χ3v) is 6.96. The van der Waals surface area contributed by atoms with Crippen molar-refractivity contribution in [1.82, 2.24) is 13.6 Å². The molecule has 118 valence electrons. The molecular formula is C12H19N3O4S2. The average molecular weight is 333 g/mol. The van der Waals surface area contributed by atoms with Gasteiger partial charge < -0.3 is 0 Å². The number of nitrogens with zero attached hydrogens (tertiary/aromatic N) is 3. The van der Waals surface area contributed by atoms with Crippen LogP contribution in [-0.4, -0.2) is 62.9 Å². The Morgan fingerprint density at radius 1 is 1.24 bits per heavy atom. The monoisotopic (exact) mass is 333 g/mol. The number of sulfonamides is 2. The maximum atomic E-state index is 12.4. The van der Waals surface area contributed by atoms with Crippen molar-refractivity contribution in [3.8, 4) is 0 Å². The minimum atomic E-state index is -3.54. The lowest BCUT2D eigenvalue weighted by atomic mass is 10.1. The van der Waals surface area contributed by atoms with Crippen LogP contribution in [0.5, 0.6) is 0 Å². The van der Waals surface area contributed by atoms with Gasteiger partial charge in [0.1, 0.15) is 4.90 Å². The van der Waals surface area contributed by atoms with E-state index >= 15 is 0 Å². The molecule has 0 N–H and O–H groups in total. The summed E-state index contributed by atoms with van der Waals surface area (Å²) >= 11 is 0. The van der Waals surface area contributed by atoms with E-state index in [0.717, 1.165) is 6.26 Å². The van der Waals surface area contributed by atoms with Gasteiger partial charge in [-0.1, -0.05) is 0 Å². The second kappa shape index (κ2) is 5.99. The molecule has 1 aliphatic heterocycles. The molecule has 1 aliphatic rings. The zero-order chi connectivity index (χ0) is 15.7. The highest BCUT2D eigenvalue weighted by molar-refractivity contribution is 7.89. The molecular weight excluding hydrogens is 314 g/mol. The van der Waals surface area contributed by atoms with E-state index in [1.165, 1.54) is 34.1 Å². The Morgan fingerprint density at radius 3 is 2.33 bits per heavy atom. The lowest BCUT2D eigenvalue weighted by Crippen LogP contribution is -2.46. The van der Waals surface area contributed by atoms with E-state index in [0.29, 0.717) is 25.9 Å². The fourth-order valence-electron chi connectivity index (χ4n) is 2.37. The minimum Gasteiger partial charge on any atom is -0.263 e. The predicted molar refractivity (Wildman–Crippen MR) is 78.6 cm³/mol. The summed E-state index contributed by atoms with van der Waals surface area (Å²) in [5.74, 6) is 0. The molecule has 2 rings (SSSR count). The van der Waals surface area contributed by atoms with Crippen LogP contribution in [0, 0.1) is 0 Å². The first kappa shape index (κ1) is 16.3. The van der Waals surface area contributed by atoms with Crippen molar-refractivity contribution in [2.75, 3.05) is 26.4 Å². The van der Waals surface area contributed by atoms with Crippen LogP contribution in [0.1, 0.15) is 12.8 Å². The van der Waals surface area contributed by atoms with Gasteiger partial charge in [-0.15, -0.1) is 0 Å². The molecule has 7 nitrogen and oxygen atoms in total. The molecule has 1 aromatic rings. The highest BCUT2D eigenvalue weighted by atomic mass is 32.2. The standard InChI is InChI=1S/C12H19N3O4S2/c1-14(20(2,16)17)11-5-8-15(9-6-11)21(18,19)12-4-3-7-13-10-12/h3-4,7,10-11H,5-6,8-9H2,1-2H3. The molecule has 0 saturated carbocycles. The van der Waals surface area contributed by atoms with Gasteiger partial charge in [0, 0.05) is 38.6 Å². The van der Waals surface area contributed by atoms with Crippen LogP contribution >= 0.6 is 0 Å². The normalized spacial score (nSPS) is 19.0. The van der Waals surface area contributed by atoms with Crippen LogP contribution in [0.15, 0.2) is 29.4 Å². The fraction of sp³-hybridized carbons (Fsp3) is 0.583. The Hall–Kier alpha value is -1.03.